The van der Waals surface area contributed by atoms with Crippen LogP contribution in [0, 0.1) is 10.1 Å². The molecule has 1 aliphatic heterocycles. The number of epoxide rings is 1. The molecular weight excluding hydrogens is 362 g/mol. The van der Waals surface area contributed by atoms with Gasteiger partial charge < -0.3 is 14.2 Å². The molecule has 2 aliphatic rings. The van der Waals surface area contributed by atoms with Crippen molar-refractivity contribution < 1.29 is 23.9 Å². The van der Waals surface area contributed by atoms with Crippen LogP contribution in [-0.2, 0) is 15.1 Å². The second-order valence-electron chi connectivity index (χ2n) is 7.39. The van der Waals surface area contributed by atoms with Gasteiger partial charge in [0.05, 0.1) is 17.6 Å². The number of carbonyl (C=O) groups is 1. The molecule has 2 fully saturated rings. The van der Waals surface area contributed by atoms with Crippen LogP contribution in [0.2, 0.25) is 0 Å². The normalized spacial score (nSPS) is 28.1. The predicted octanol–water partition coefficient (Wildman–Crippen LogP) is 4.00. The zero-order valence-corrected chi connectivity index (χ0v) is 15.7. The quantitative estimate of drug-likeness (QED) is 0.335. The molecular formula is C21H21NO6. The van der Waals surface area contributed by atoms with Gasteiger partial charge in [0.2, 0.25) is 0 Å². The fraction of sp³-hybridized carbons (Fsp3) is 0.381. The minimum atomic E-state index is -0.673. The maximum absolute atomic E-state index is 12.7. The summed E-state index contributed by atoms with van der Waals surface area (Å²) >= 11 is 0. The van der Waals surface area contributed by atoms with Gasteiger partial charge in [-0.15, -0.1) is 0 Å². The van der Waals surface area contributed by atoms with E-state index in [0.29, 0.717) is 6.42 Å². The van der Waals surface area contributed by atoms with E-state index in [-0.39, 0.29) is 16.9 Å². The summed E-state index contributed by atoms with van der Waals surface area (Å²) in [6.45, 7) is 2.04. The molecule has 0 unspecified atom stereocenters. The molecule has 0 bridgehead atoms. The molecule has 1 aliphatic carbocycles. The molecule has 28 heavy (non-hydrogen) atoms. The Labute approximate surface area is 162 Å². The number of carbonyl (C=O) groups excluding carboxylic acids is 1. The van der Waals surface area contributed by atoms with Crippen LogP contribution in [0.1, 0.15) is 42.1 Å². The average Bonchev–Trinajstić information content (AvgIpc) is 3.36. The summed E-state index contributed by atoms with van der Waals surface area (Å²) < 4.78 is 17.3. The number of hydrogen-bond donors (Lipinski definition) is 0. The van der Waals surface area contributed by atoms with Crippen molar-refractivity contribution in [2.75, 3.05) is 7.11 Å². The Morgan fingerprint density at radius 3 is 2.46 bits per heavy atom. The average molecular weight is 383 g/mol. The Hall–Kier alpha value is -2.93. The van der Waals surface area contributed by atoms with Crippen molar-refractivity contribution in [2.45, 2.75) is 43.5 Å². The van der Waals surface area contributed by atoms with Gasteiger partial charge in [0.15, 0.2) is 5.60 Å². The Kier molecular flexibility index (Phi) is 4.34. The monoisotopic (exact) mass is 383 g/mol. The zero-order chi connectivity index (χ0) is 19.9. The largest absolute Gasteiger partial charge is 0.497 e. The number of benzene rings is 2. The van der Waals surface area contributed by atoms with Crippen molar-refractivity contribution in [3.05, 3.63) is 69.8 Å². The Morgan fingerprint density at radius 2 is 1.86 bits per heavy atom. The lowest BCUT2D eigenvalue weighted by atomic mass is 9.74. The molecule has 1 saturated carbocycles. The topological polar surface area (TPSA) is 91.2 Å². The van der Waals surface area contributed by atoms with Crippen LogP contribution in [-0.4, -0.2) is 29.7 Å². The third-order valence-corrected chi connectivity index (χ3v) is 5.79. The van der Waals surface area contributed by atoms with E-state index in [1.54, 1.807) is 7.11 Å². The van der Waals surface area contributed by atoms with Gasteiger partial charge in [0, 0.05) is 12.1 Å². The minimum Gasteiger partial charge on any atom is -0.497 e. The van der Waals surface area contributed by atoms with Crippen LogP contribution in [0.5, 0.6) is 5.75 Å². The number of methoxy groups -OCH3 is 1. The van der Waals surface area contributed by atoms with E-state index >= 15 is 0 Å². The third kappa shape index (κ3) is 2.82. The predicted molar refractivity (Wildman–Crippen MR) is 100 cm³/mol. The molecule has 7 heteroatoms. The summed E-state index contributed by atoms with van der Waals surface area (Å²) in [6, 6.07) is 13.1. The SMILES string of the molecule is COc1ccc([C@@]23O[C@]2(C)CCC[C@H]3OC(=O)c2ccc([N+](=O)[O-])cc2)cc1. The molecule has 0 radical (unpaired) electrons. The molecule has 3 atom stereocenters. The first kappa shape index (κ1) is 18.4. The van der Waals surface area contributed by atoms with Crippen molar-refractivity contribution in [2.24, 2.45) is 0 Å². The summed E-state index contributed by atoms with van der Waals surface area (Å²) in [5.74, 6) is 0.241. The van der Waals surface area contributed by atoms with Gasteiger partial charge in [-0.25, -0.2) is 4.79 Å². The van der Waals surface area contributed by atoms with Crippen LogP contribution >= 0.6 is 0 Å². The number of nitro groups is 1. The lowest BCUT2D eigenvalue weighted by Crippen LogP contribution is -2.41. The lowest BCUT2D eigenvalue weighted by Gasteiger charge is -2.31. The van der Waals surface area contributed by atoms with Gasteiger partial charge >= 0.3 is 5.97 Å². The number of fused-ring (bicyclic) bond motifs is 1. The highest BCUT2D eigenvalue weighted by atomic mass is 16.7. The van der Waals surface area contributed by atoms with E-state index in [4.69, 9.17) is 14.2 Å². The first-order valence-electron chi connectivity index (χ1n) is 9.20. The fourth-order valence-corrected chi connectivity index (χ4v) is 4.25. The van der Waals surface area contributed by atoms with Gasteiger partial charge in [-0.1, -0.05) is 12.1 Å². The maximum atomic E-state index is 12.7. The smallest absolute Gasteiger partial charge is 0.338 e. The highest BCUT2D eigenvalue weighted by Crippen LogP contribution is 2.64. The summed E-state index contributed by atoms with van der Waals surface area (Å²) in [5, 5.41) is 10.8. The van der Waals surface area contributed by atoms with Gasteiger partial charge in [0.25, 0.3) is 5.69 Å². The Balaban J connectivity index is 1.58. The highest BCUT2D eigenvalue weighted by Gasteiger charge is 2.74. The van der Waals surface area contributed by atoms with Crippen molar-refractivity contribution in [3.63, 3.8) is 0 Å². The molecule has 0 amide bonds. The molecule has 1 saturated heterocycles. The molecule has 2 aromatic rings. The molecule has 146 valence electrons. The summed E-state index contributed by atoms with van der Waals surface area (Å²) in [4.78, 5) is 23.0. The van der Waals surface area contributed by atoms with Crippen LogP contribution < -0.4 is 4.74 Å². The van der Waals surface area contributed by atoms with E-state index in [0.717, 1.165) is 24.2 Å². The fourth-order valence-electron chi connectivity index (χ4n) is 4.25. The number of nitro benzene ring substituents is 1. The molecule has 0 N–H and O–H groups in total. The van der Waals surface area contributed by atoms with Gasteiger partial charge in [0.1, 0.15) is 17.5 Å². The van der Waals surface area contributed by atoms with Crippen LogP contribution in [0.3, 0.4) is 0 Å². The van der Waals surface area contributed by atoms with Crippen LogP contribution in [0.15, 0.2) is 48.5 Å². The van der Waals surface area contributed by atoms with Crippen molar-refractivity contribution in [1.29, 1.82) is 0 Å². The number of esters is 1. The molecule has 0 aromatic heterocycles. The van der Waals surface area contributed by atoms with E-state index < -0.39 is 22.6 Å². The van der Waals surface area contributed by atoms with Gasteiger partial charge in [-0.05, 0) is 56.0 Å². The van der Waals surface area contributed by atoms with E-state index in [2.05, 4.69) is 0 Å². The number of ether oxygens (including phenoxy) is 3. The van der Waals surface area contributed by atoms with Crippen molar-refractivity contribution >= 4 is 11.7 Å². The summed E-state index contributed by atoms with van der Waals surface area (Å²) in [6.07, 6.45) is 2.06. The molecule has 0 spiro atoms. The van der Waals surface area contributed by atoms with Crippen molar-refractivity contribution in [1.82, 2.24) is 0 Å². The summed E-state index contributed by atoms with van der Waals surface area (Å²) in [5.41, 5.74) is 0.122. The van der Waals surface area contributed by atoms with Crippen LogP contribution in [0.25, 0.3) is 0 Å². The number of non-ortho nitro benzene ring substituents is 1. The first-order valence-corrected chi connectivity index (χ1v) is 9.20. The van der Waals surface area contributed by atoms with Crippen molar-refractivity contribution in [3.8, 4) is 5.75 Å². The van der Waals surface area contributed by atoms with E-state index in [1.807, 2.05) is 31.2 Å². The molecule has 2 aromatic carbocycles. The summed E-state index contributed by atoms with van der Waals surface area (Å²) in [7, 11) is 1.61. The number of nitrogens with zero attached hydrogens (tertiary/aromatic N) is 1. The molecule has 4 rings (SSSR count). The molecule has 7 nitrogen and oxygen atoms in total. The highest BCUT2D eigenvalue weighted by molar-refractivity contribution is 5.89. The van der Waals surface area contributed by atoms with Crippen LogP contribution in [0.4, 0.5) is 5.69 Å². The third-order valence-electron chi connectivity index (χ3n) is 5.79. The first-order chi connectivity index (χ1) is 13.4. The Morgan fingerprint density at radius 1 is 1.18 bits per heavy atom. The van der Waals surface area contributed by atoms with Gasteiger partial charge in [-0.3, -0.25) is 10.1 Å². The molecule has 1 heterocycles. The van der Waals surface area contributed by atoms with E-state index in [1.165, 1.54) is 24.3 Å². The second-order valence-corrected chi connectivity index (χ2v) is 7.39. The number of hydrogen-bond acceptors (Lipinski definition) is 6. The second kappa shape index (κ2) is 6.60. The Bertz CT molecular complexity index is 909. The van der Waals surface area contributed by atoms with E-state index in [9.17, 15) is 14.9 Å². The lowest BCUT2D eigenvalue weighted by molar-refractivity contribution is -0.384. The number of rotatable bonds is 5. The maximum Gasteiger partial charge on any atom is 0.338 e. The zero-order valence-electron chi connectivity index (χ0n) is 15.7. The minimum absolute atomic E-state index is 0.0676. The standard InChI is InChI=1S/C21H21NO6/c1-20-13-3-4-18(21(20,28-20)15-7-11-17(26-2)12-8-15)27-19(23)14-5-9-16(10-6-14)22(24)25/h5-12,18H,3-4,13H2,1-2H3/t18-,20-,21+/m1/s1. The van der Waals surface area contributed by atoms with Gasteiger partial charge in [-0.2, -0.15) is 0 Å².